The van der Waals surface area contributed by atoms with Gasteiger partial charge >= 0.3 is 0 Å². The Bertz CT molecular complexity index is 367. The monoisotopic (exact) mass is 296 g/mol. The molecule has 94 valence electrons. The molecule has 1 fully saturated rings. The maximum absolute atomic E-state index is 3.56. The van der Waals surface area contributed by atoms with Crippen molar-refractivity contribution in [2.24, 2.45) is 0 Å². The van der Waals surface area contributed by atoms with Crippen LogP contribution in [0.1, 0.15) is 25.8 Å². The third-order valence-electron chi connectivity index (χ3n) is 3.47. The van der Waals surface area contributed by atoms with Crippen LogP contribution in [-0.2, 0) is 6.54 Å². The second-order valence-electron chi connectivity index (χ2n) is 4.93. The molecule has 1 aromatic rings. The van der Waals surface area contributed by atoms with Crippen molar-refractivity contribution < 1.29 is 0 Å². The van der Waals surface area contributed by atoms with Crippen LogP contribution in [0.5, 0.6) is 0 Å². The molecule has 2 rings (SSSR count). The summed E-state index contributed by atoms with van der Waals surface area (Å²) in [6, 6.07) is 9.91. The van der Waals surface area contributed by atoms with Crippen LogP contribution in [0.3, 0.4) is 0 Å². The van der Waals surface area contributed by atoms with E-state index in [1.165, 1.54) is 16.5 Å². The fourth-order valence-electron chi connectivity index (χ4n) is 2.50. The molecule has 1 heterocycles. The van der Waals surface area contributed by atoms with Crippen molar-refractivity contribution >= 4 is 15.9 Å². The van der Waals surface area contributed by atoms with Crippen LogP contribution in [0.15, 0.2) is 28.7 Å². The SMILES string of the molecule is CCC1CNC(C)CN1Cc1cccc(Br)c1. The first-order chi connectivity index (χ1) is 8.19. The van der Waals surface area contributed by atoms with Crippen molar-refractivity contribution in [1.29, 1.82) is 0 Å². The van der Waals surface area contributed by atoms with Crippen LogP contribution in [0, 0.1) is 0 Å². The lowest BCUT2D eigenvalue weighted by Gasteiger charge is -2.39. The van der Waals surface area contributed by atoms with Gasteiger partial charge in [-0.2, -0.15) is 0 Å². The summed E-state index contributed by atoms with van der Waals surface area (Å²) in [5.74, 6) is 0. The zero-order chi connectivity index (χ0) is 12.3. The lowest BCUT2D eigenvalue weighted by Crippen LogP contribution is -2.54. The molecule has 0 radical (unpaired) electrons. The topological polar surface area (TPSA) is 15.3 Å². The first kappa shape index (κ1) is 13.1. The second-order valence-corrected chi connectivity index (χ2v) is 5.85. The van der Waals surface area contributed by atoms with Crippen molar-refractivity contribution in [3.63, 3.8) is 0 Å². The first-order valence-corrected chi connectivity index (χ1v) is 7.20. The highest BCUT2D eigenvalue weighted by molar-refractivity contribution is 9.10. The summed E-state index contributed by atoms with van der Waals surface area (Å²) in [6.45, 7) is 7.86. The Morgan fingerprint density at radius 3 is 3.00 bits per heavy atom. The van der Waals surface area contributed by atoms with E-state index < -0.39 is 0 Å². The third kappa shape index (κ3) is 3.54. The number of hydrogen-bond acceptors (Lipinski definition) is 2. The predicted molar refractivity (Wildman–Crippen MR) is 76.1 cm³/mol. The number of nitrogens with one attached hydrogen (secondary N) is 1. The van der Waals surface area contributed by atoms with Gasteiger partial charge in [-0.05, 0) is 31.0 Å². The van der Waals surface area contributed by atoms with Gasteiger partial charge in [-0.25, -0.2) is 0 Å². The number of nitrogens with zero attached hydrogens (tertiary/aromatic N) is 1. The highest BCUT2D eigenvalue weighted by Gasteiger charge is 2.24. The molecule has 0 amide bonds. The van der Waals surface area contributed by atoms with E-state index in [1.807, 2.05) is 0 Å². The summed E-state index contributed by atoms with van der Waals surface area (Å²) in [4.78, 5) is 2.60. The average Bonchev–Trinajstić information content (AvgIpc) is 2.29. The van der Waals surface area contributed by atoms with Crippen LogP contribution < -0.4 is 5.32 Å². The van der Waals surface area contributed by atoms with Gasteiger partial charge in [0.15, 0.2) is 0 Å². The van der Waals surface area contributed by atoms with E-state index in [0.29, 0.717) is 12.1 Å². The quantitative estimate of drug-likeness (QED) is 0.922. The van der Waals surface area contributed by atoms with Crippen LogP contribution in [-0.4, -0.2) is 30.1 Å². The molecule has 17 heavy (non-hydrogen) atoms. The number of hydrogen-bond donors (Lipinski definition) is 1. The van der Waals surface area contributed by atoms with E-state index in [-0.39, 0.29) is 0 Å². The van der Waals surface area contributed by atoms with Gasteiger partial charge in [0.25, 0.3) is 0 Å². The maximum Gasteiger partial charge on any atom is 0.0238 e. The predicted octanol–water partition coefficient (Wildman–Crippen LogP) is 3.02. The van der Waals surface area contributed by atoms with E-state index >= 15 is 0 Å². The van der Waals surface area contributed by atoms with Crippen LogP contribution in [0.2, 0.25) is 0 Å². The van der Waals surface area contributed by atoms with Crippen LogP contribution in [0.4, 0.5) is 0 Å². The lowest BCUT2D eigenvalue weighted by molar-refractivity contribution is 0.124. The molecule has 1 N–H and O–H groups in total. The molecule has 1 aromatic carbocycles. The minimum absolute atomic E-state index is 0.602. The lowest BCUT2D eigenvalue weighted by atomic mass is 10.1. The number of rotatable bonds is 3. The van der Waals surface area contributed by atoms with Crippen LogP contribution in [0.25, 0.3) is 0 Å². The van der Waals surface area contributed by atoms with Gasteiger partial charge < -0.3 is 5.32 Å². The summed E-state index contributed by atoms with van der Waals surface area (Å²) in [5, 5.41) is 3.56. The highest BCUT2D eigenvalue weighted by Crippen LogP contribution is 2.17. The molecule has 2 nitrogen and oxygen atoms in total. The molecule has 2 unspecified atom stereocenters. The molecule has 0 saturated carbocycles. The molecule has 1 aliphatic rings. The molecule has 1 saturated heterocycles. The van der Waals surface area contributed by atoms with Gasteiger partial charge in [0.05, 0.1) is 0 Å². The van der Waals surface area contributed by atoms with E-state index in [2.05, 4.69) is 64.3 Å². The smallest absolute Gasteiger partial charge is 0.0238 e. The van der Waals surface area contributed by atoms with Crippen molar-refractivity contribution in [3.05, 3.63) is 34.3 Å². The van der Waals surface area contributed by atoms with E-state index in [0.717, 1.165) is 19.6 Å². The number of benzene rings is 1. The normalized spacial score (nSPS) is 26.1. The van der Waals surface area contributed by atoms with Gasteiger partial charge in [0.1, 0.15) is 0 Å². The molecular weight excluding hydrogens is 276 g/mol. The van der Waals surface area contributed by atoms with Gasteiger partial charge in [0, 0.05) is 36.2 Å². The molecule has 1 aliphatic heterocycles. The Labute approximate surface area is 113 Å². The Morgan fingerprint density at radius 1 is 1.47 bits per heavy atom. The van der Waals surface area contributed by atoms with Gasteiger partial charge in [-0.15, -0.1) is 0 Å². The largest absolute Gasteiger partial charge is 0.311 e. The Kier molecular flexibility index (Phi) is 4.60. The van der Waals surface area contributed by atoms with E-state index in [4.69, 9.17) is 0 Å². The molecule has 0 aliphatic carbocycles. The van der Waals surface area contributed by atoms with Crippen molar-refractivity contribution in [1.82, 2.24) is 10.2 Å². The second kappa shape index (κ2) is 5.98. The van der Waals surface area contributed by atoms with Gasteiger partial charge in [-0.3, -0.25) is 4.90 Å². The maximum atomic E-state index is 3.56. The summed E-state index contributed by atoms with van der Waals surface area (Å²) in [6.07, 6.45) is 1.22. The standard InChI is InChI=1S/C14H21BrN2/c1-3-14-8-16-11(2)9-17(14)10-12-5-4-6-13(15)7-12/h4-7,11,14,16H,3,8-10H2,1-2H3. The zero-order valence-electron chi connectivity index (χ0n) is 10.6. The summed E-state index contributed by atoms with van der Waals surface area (Å²) >= 11 is 3.54. The zero-order valence-corrected chi connectivity index (χ0v) is 12.2. The first-order valence-electron chi connectivity index (χ1n) is 6.41. The van der Waals surface area contributed by atoms with Crippen molar-refractivity contribution in [2.75, 3.05) is 13.1 Å². The minimum atomic E-state index is 0.602. The summed E-state index contributed by atoms with van der Waals surface area (Å²) in [7, 11) is 0. The molecule has 3 heteroatoms. The minimum Gasteiger partial charge on any atom is -0.311 e. The number of piperazine rings is 1. The number of halogens is 1. The molecule has 0 aromatic heterocycles. The van der Waals surface area contributed by atoms with Crippen LogP contribution >= 0.6 is 15.9 Å². The fourth-order valence-corrected chi connectivity index (χ4v) is 2.94. The van der Waals surface area contributed by atoms with Gasteiger partial charge in [-0.1, -0.05) is 35.0 Å². The molecule has 0 spiro atoms. The average molecular weight is 297 g/mol. The summed E-state index contributed by atoms with van der Waals surface area (Å²) in [5.41, 5.74) is 1.40. The van der Waals surface area contributed by atoms with E-state index in [1.54, 1.807) is 0 Å². The molecule has 2 atom stereocenters. The highest BCUT2D eigenvalue weighted by atomic mass is 79.9. The Morgan fingerprint density at radius 2 is 2.29 bits per heavy atom. The van der Waals surface area contributed by atoms with Gasteiger partial charge in [0.2, 0.25) is 0 Å². The van der Waals surface area contributed by atoms with E-state index in [9.17, 15) is 0 Å². The molecule has 0 bridgehead atoms. The Hall–Kier alpha value is -0.380. The van der Waals surface area contributed by atoms with Crippen molar-refractivity contribution in [2.45, 2.75) is 38.9 Å². The van der Waals surface area contributed by atoms with Crippen molar-refractivity contribution in [3.8, 4) is 0 Å². The summed E-state index contributed by atoms with van der Waals surface area (Å²) < 4.78 is 1.17. The molecular formula is C14H21BrN2. The Balaban J connectivity index is 2.04. The third-order valence-corrected chi connectivity index (χ3v) is 3.97. The fraction of sp³-hybridized carbons (Fsp3) is 0.571.